The zero-order valence-corrected chi connectivity index (χ0v) is 13.9. The molecule has 3 aromatic heterocycles. The van der Waals surface area contributed by atoms with Crippen LogP contribution in [0.3, 0.4) is 0 Å². The lowest BCUT2D eigenvalue weighted by Gasteiger charge is -2.06. The smallest absolute Gasteiger partial charge is 0.161 e. The molecule has 0 aliphatic heterocycles. The summed E-state index contributed by atoms with van der Waals surface area (Å²) in [6.07, 6.45) is 0. The van der Waals surface area contributed by atoms with E-state index >= 15 is 0 Å². The number of H-pyrrole nitrogens is 1. The fourth-order valence-corrected chi connectivity index (χ4v) is 3.82. The van der Waals surface area contributed by atoms with Gasteiger partial charge in [0.25, 0.3) is 0 Å². The Morgan fingerprint density at radius 3 is 2.31 bits per heavy atom. The zero-order chi connectivity index (χ0) is 17.1. The lowest BCUT2D eigenvalue weighted by Crippen LogP contribution is -1.87. The van der Waals surface area contributed by atoms with Crippen molar-refractivity contribution in [2.75, 3.05) is 0 Å². The molecule has 0 fully saturated rings. The minimum Gasteiger partial charge on any atom is -0.453 e. The summed E-state index contributed by atoms with van der Waals surface area (Å²) in [7, 11) is 0. The summed E-state index contributed by atoms with van der Waals surface area (Å²) < 4.78 is 6.41. The highest BCUT2D eigenvalue weighted by atomic mass is 16.3. The first-order chi connectivity index (χ1) is 12.9. The Bertz CT molecular complexity index is 1420. The average molecular weight is 334 g/mol. The Morgan fingerprint density at radius 2 is 1.42 bits per heavy atom. The molecular formula is C23H14N2O. The maximum atomic E-state index is 6.41. The first-order valence-electron chi connectivity index (χ1n) is 8.67. The standard InChI is InChI=1S/C23H14N2O/c1-2-8-14(9-3-1)20-19-21-23(16-11-5-7-13-18(16)25-21)26-22(19)15-10-4-6-12-17(15)24-20/h1-13,25H. The summed E-state index contributed by atoms with van der Waals surface area (Å²) in [6, 6.07) is 26.7. The molecular weight excluding hydrogens is 320 g/mol. The van der Waals surface area contributed by atoms with Crippen LogP contribution in [0.2, 0.25) is 0 Å². The maximum absolute atomic E-state index is 6.41. The minimum atomic E-state index is 0.890. The fraction of sp³-hybridized carbons (Fsp3) is 0. The van der Waals surface area contributed by atoms with Gasteiger partial charge in [0.2, 0.25) is 0 Å². The molecule has 0 bridgehead atoms. The van der Waals surface area contributed by atoms with E-state index in [1.165, 1.54) is 0 Å². The highest BCUT2D eigenvalue weighted by Gasteiger charge is 2.20. The van der Waals surface area contributed by atoms with Gasteiger partial charge in [-0.1, -0.05) is 54.6 Å². The van der Waals surface area contributed by atoms with E-state index in [1.807, 2.05) is 48.5 Å². The third kappa shape index (κ3) is 1.74. The van der Waals surface area contributed by atoms with Gasteiger partial charge in [0.05, 0.1) is 22.1 Å². The van der Waals surface area contributed by atoms with Crippen molar-refractivity contribution >= 4 is 43.9 Å². The molecule has 6 aromatic rings. The van der Waals surface area contributed by atoms with Gasteiger partial charge in [-0.25, -0.2) is 4.98 Å². The van der Waals surface area contributed by atoms with E-state index < -0.39 is 0 Å². The van der Waals surface area contributed by atoms with Crippen LogP contribution in [0.1, 0.15) is 0 Å². The van der Waals surface area contributed by atoms with Gasteiger partial charge in [-0.15, -0.1) is 0 Å². The van der Waals surface area contributed by atoms with Crippen molar-refractivity contribution in [3.05, 3.63) is 78.9 Å². The molecule has 0 saturated carbocycles. The van der Waals surface area contributed by atoms with E-state index in [4.69, 9.17) is 9.40 Å². The largest absolute Gasteiger partial charge is 0.453 e. The lowest BCUT2D eigenvalue weighted by atomic mass is 10.0. The molecule has 0 radical (unpaired) electrons. The van der Waals surface area contributed by atoms with E-state index in [-0.39, 0.29) is 0 Å². The van der Waals surface area contributed by atoms with Gasteiger partial charge in [-0.2, -0.15) is 0 Å². The number of para-hydroxylation sites is 2. The summed E-state index contributed by atoms with van der Waals surface area (Å²) in [6.45, 7) is 0. The molecule has 3 nitrogen and oxygen atoms in total. The molecule has 0 aliphatic rings. The summed E-state index contributed by atoms with van der Waals surface area (Å²) in [5.41, 5.74) is 6.86. The van der Waals surface area contributed by atoms with Crippen LogP contribution >= 0.6 is 0 Å². The third-order valence-corrected chi connectivity index (χ3v) is 5.00. The molecule has 122 valence electrons. The Morgan fingerprint density at radius 1 is 0.692 bits per heavy atom. The number of rotatable bonds is 1. The van der Waals surface area contributed by atoms with E-state index in [0.717, 1.165) is 55.1 Å². The minimum absolute atomic E-state index is 0.890. The monoisotopic (exact) mass is 334 g/mol. The second-order valence-corrected chi connectivity index (χ2v) is 6.52. The molecule has 0 saturated heterocycles. The van der Waals surface area contributed by atoms with E-state index in [0.29, 0.717) is 0 Å². The second kappa shape index (κ2) is 4.96. The van der Waals surface area contributed by atoms with Crippen molar-refractivity contribution in [3.8, 4) is 11.3 Å². The SMILES string of the molecule is c1ccc(-c2nc3ccccc3c3oc4c5ccccc5[nH]c4c23)cc1. The number of pyridine rings is 1. The Labute approximate surface area is 148 Å². The van der Waals surface area contributed by atoms with Crippen molar-refractivity contribution in [1.29, 1.82) is 0 Å². The number of nitrogens with one attached hydrogen (secondary N) is 1. The van der Waals surface area contributed by atoms with Crippen molar-refractivity contribution < 1.29 is 4.42 Å². The summed E-state index contributed by atoms with van der Waals surface area (Å²) in [5, 5.41) is 3.18. The average Bonchev–Trinajstić information content (AvgIpc) is 3.25. The van der Waals surface area contributed by atoms with Gasteiger partial charge >= 0.3 is 0 Å². The molecule has 1 N–H and O–H groups in total. The van der Waals surface area contributed by atoms with Crippen LogP contribution in [0.5, 0.6) is 0 Å². The lowest BCUT2D eigenvalue weighted by molar-refractivity contribution is 0.676. The number of nitrogens with zero attached hydrogens (tertiary/aromatic N) is 1. The van der Waals surface area contributed by atoms with Gasteiger partial charge in [0, 0.05) is 21.9 Å². The Balaban J connectivity index is 1.89. The molecule has 3 heterocycles. The topological polar surface area (TPSA) is 41.8 Å². The van der Waals surface area contributed by atoms with Crippen LogP contribution in [0, 0.1) is 0 Å². The molecule has 6 rings (SSSR count). The number of furan rings is 1. The van der Waals surface area contributed by atoms with Crippen molar-refractivity contribution in [3.63, 3.8) is 0 Å². The highest BCUT2D eigenvalue weighted by Crippen LogP contribution is 2.41. The van der Waals surface area contributed by atoms with Crippen LogP contribution in [-0.4, -0.2) is 9.97 Å². The van der Waals surface area contributed by atoms with Gasteiger partial charge in [0.1, 0.15) is 5.58 Å². The molecule has 0 aliphatic carbocycles. The maximum Gasteiger partial charge on any atom is 0.161 e. The quantitative estimate of drug-likeness (QED) is 0.384. The summed E-state index contributed by atoms with van der Waals surface area (Å²) in [4.78, 5) is 8.53. The predicted octanol–water partition coefficient (Wildman–Crippen LogP) is 6.28. The van der Waals surface area contributed by atoms with Crippen molar-refractivity contribution in [1.82, 2.24) is 9.97 Å². The number of benzene rings is 3. The first-order valence-corrected chi connectivity index (χ1v) is 8.67. The van der Waals surface area contributed by atoms with Gasteiger partial charge in [0.15, 0.2) is 5.58 Å². The van der Waals surface area contributed by atoms with Crippen LogP contribution < -0.4 is 0 Å². The predicted molar refractivity (Wildman–Crippen MR) is 106 cm³/mol. The summed E-state index contributed by atoms with van der Waals surface area (Å²) in [5.74, 6) is 0. The molecule has 0 spiro atoms. The normalized spacial score (nSPS) is 11.8. The molecule has 0 unspecified atom stereocenters. The molecule has 3 aromatic carbocycles. The molecule has 0 amide bonds. The first kappa shape index (κ1) is 13.7. The van der Waals surface area contributed by atoms with E-state index in [1.54, 1.807) is 0 Å². The Hall–Kier alpha value is -3.59. The molecule has 3 heteroatoms. The number of hydrogen-bond acceptors (Lipinski definition) is 2. The van der Waals surface area contributed by atoms with Gasteiger partial charge < -0.3 is 9.40 Å². The fourth-order valence-electron chi connectivity index (χ4n) is 3.82. The van der Waals surface area contributed by atoms with Crippen LogP contribution in [0.15, 0.2) is 83.3 Å². The van der Waals surface area contributed by atoms with Gasteiger partial charge in [-0.05, 0) is 24.3 Å². The zero-order valence-electron chi connectivity index (χ0n) is 13.9. The highest BCUT2D eigenvalue weighted by molar-refractivity contribution is 6.22. The van der Waals surface area contributed by atoms with Crippen LogP contribution in [0.25, 0.3) is 55.1 Å². The molecule has 26 heavy (non-hydrogen) atoms. The number of fused-ring (bicyclic) bond motifs is 7. The van der Waals surface area contributed by atoms with Crippen molar-refractivity contribution in [2.24, 2.45) is 0 Å². The third-order valence-electron chi connectivity index (χ3n) is 5.00. The summed E-state index contributed by atoms with van der Waals surface area (Å²) >= 11 is 0. The Kier molecular flexibility index (Phi) is 2.61. The van der Waals surface area contributed by atoms with Crippen LogP contribution in [0.4, 0.5) is 0 Å². The van der Waals surface area contributed by atoms with Crippen LogP contribution in [-0.2, 0) is 0 Å². The second-order valence-electron chi connectivity index (χ2n) is 6.52. The van der Waals surface area contributed by atoms with E-state index in [2.05, 4.69) is 35.3 Å². The van der Waals surface area contributed by atoms with Gasteiger partial charge in [-0.3, -0.25) is 0 Å². The van der Waals surface area contributed by atoms with E-state index in [9.17, 15) is 0 Å². The number of aromatic amines is 1. The number of hydrogen-bond donors (Lipinski definition) is 1. The number of aromatic nitrogens is 2. The molecule has 0 atom stereocenters. The van der Waals surface area contributed by atoms with Crippen molar-refractivity contribution in [2.45, 2.75) is 0 Å².